The average Bonchev–Trinajstić information content (AvgIpc) is 2.69. The molecule has 136 valence electrons. The lowest BCUT2D eigenvalue weighted by atomic mass is 9.91. The quantitative estimate of drug-likeness (QED) is 0.663. The van der Waals surface area contributed by atoms with Gasteiger partial charge in [0.25, 0.3) is 5.56 Å². The van der Waals surface area contributed by atoms with Crippen LogP contribution in [0.1, 0.15) is 23.6 Å². The monoisotopic (exact) mass is 359 g/mol. The number of aromatic nitrogens is 1. The maximum absolute atomic E-state index is 12.6. The predicted molar refractivity (Wildman–Crippen MR) is 108 cm³/mol. The van der Waals surface area contributed by atoms with Crippen LogP contribution in [0.25, 0.3) is 11.8 Å². The van der Waals surface area contributed by atoms with Crippen LogP contribution in [-0.4, -0.2) is 12.1 Å². The SMILES string of the molecule is COc1ccc(NC2(C)NC(c3ccccc3)=Cc3cc[nH]c(=O)c32)cc1. The van der Waals surface area contributed by atoms with Crippen molar-refractivity contribution in [3.8, 4) is 5.75 Å². The number of pyridine rings is 1. The molecule has 27 heavy (non-hydrogen) atoms. The highest BCUT2D eigenvalue weighted by molar-refractivity contribution is 5.84. The Bertz CT molecular complexity index is 1040. The van der Waals surface area contributed by atoms with Gasteiger partial charge >= 0.3 is 0 Å². The number of H-pyrrole nitrogens is 1. The Morgan fingerprint density at radius 2 is 1.74 bits per heavy atom. The highest BCUT2D eigenvalue weighted by atomic mass is 16.5. The first-order chi connectivity index (χ1) is 13.1. The van der Waals surface area contributed by atoms with E-state index in [9.17, 15) is 4.79 Å². The standard InChI is InChI=1S/C22H21N3O2/c1-22(24-17-8-10-18(27-2)11-9-17)20-16(12-13-23-21(20)26)14-19(25-22)15-6-4-3-5-7-15/h3-14,24-25H,1-2H3,(H,23,26). The van der Waals surface area contributed by atoms with Gasteiger partial charge in [0.15, 0.2) is 0 Å². The summed E-state index contributed by atoms with van der Waals surface area (Å²) >= 11 is 0. The predicted octanol–water partition coefficient (Wildman–Crippen LogP) is 3.77. The van der Waals surface area contributed by atoms with Gasteiger partial charge in [-0.1, -0.05) is 30.3 Å². The van der Waals surface area contributed by atoms with E-state index in [4.69, 9.17) is 4.74 Å². The van der Waals surface area contributed by atoms with E-state index in [0.717, 1.165) is 28.3 Å². The van der Waals surface area contributed by atoms with Crippen molar-refractivity contribution in [2.45, 2.75) is 12.6 Å². The van der Waals surface area contributed by atoms with E-state index in [2.05, 4.69) is 15.6 Å². The molecule has 0 spiro atoms. The van der Waals surface area contributed by atoms with Gasteiger partial charge in [-0.3, -0.25) is 4.79 Å². The molecule has 1 aromatic heterocycles. The van der Waals surface area contributed by atoms with E-state index in [1.807, 2.05) is 73.7 Å². The summed E-state index contributed by atoms with van der Waals surface area (Å²) < 4.78 is 5.23. The van der Waals surface area contributed by atoms with Crippen LogP contribution in [0.5, 0.6) is 5.75 Å². The van der Waals surface area contributed by atoms with Gasteiger partial charge in [-0.2, -0.15) is 0 Å². The maximum atomic E-state index is 12.6. The Balaban J connectivity index is 1.79. The molecule has 0 aliphatic carbocycles. The van der Waals surface area contributed by atoms with E-state index in [1.165, 1.54) is 0 Å². The van der Waals surface area contributed by atoms with Crippen molar-refractivity contribution in [2.75, 3.05) is 12.4 Å². The number of fused-ring (bicyclic) bond motifs is 1. The van der Waals surface area contributed by atoms with Gasteiger partial charge in [-0.25, -0.2) is 0 Å². The number of hydrogen-bond acceptors (Lipinski definition) is 4. The number of hydrogen-bond donors (Lipinski definition) is 3. The van der Waals surface area contributed by atoms with Crippen molar-refractivity contribution in [3.63, 3.8) is 0 Å². The third kappa shape index (κ3) is 3.19. The molecule has 2 heterocycles. The molecule has 3 N–H and O–H groups in total. The number of methoxy groups -OCH3 is 1. The highest BCUT2D eigenvalue weighted by Crippen LogP contribution is 2.33. The molecule has 0 saturated carbocycles. The van der Waals surface area contributed by atoms with Crippen LogP contribution >= 0.6 is 0 Å². The first-order valence-electron chi connectivity index (χ1n) is 8.79. The third-order valence-electron chi connectivity index (χ3n) is 4.75. The van der Waals surface area contributed by atoms with Crippen molar-refractivity contribution < 1.29 is 4.74 Å². The Kier molecular flexibility index (Phi) is 4.20. The van der Waals surface area contributed by atoms with Crippen molar-refractivity contribution >= 4 is 17.5 Å². The van der Waals surface area contributed by atoms with Crippen molar-refractivity contribution in [2.24, 2.45) is 0 Å². The molecule has 2 aromatic carbocycles. The zero-order valence-corrected chi connectivity index (χ0v) is 15.2. The molecule has 1 atom stereocenters. The van der Waals surface area contributed by atoms with E-state index < -0.39 is 5.66 Å². The largest absolute Gasteiger partial charge is 0.497 e. The van der Waals surface area contributed by atoms with Gasteiger partial charge in [0.05, 0.1) is 12.7 Å². The second-order valence-electron chi connectivity index (χ2n) is 6.66. The van der Waals surface area contributed by atoms with E-state index in [0.29, 0.717) is 5.56 Å². The van der Waals surface area contributed by atoms with Crippen molar-refractivity contribution in [1.82, 2.24) is 10.3 Å². The van der Waals surface area contributed by atoms with E-state index >= 15 is 0 Å². The van der Waals surface area contributed by atoms with Crippen LogP contribution in [0.15, 0.2) is 71.7 Å². The molecule has 0 bridgehead atoms. The Morgan fingerprint density at radius 1 is 1.00 bits per heavy atom. The van der Waals surface area contributed by atoms with E-state index in [1.54, 1.807) is 13.3 Å². The summed E-state index contributed by atoms with van der Waals surface area (Å²) in [7, 11) is 1.64. The molecule has 5 nitrogen and oxygen atoms in total. The molecule has 0 fully saturated rings. The molecule has 4 rings (SSSR count). The molecule has 3 aromatic rings. The lowest BCUT2D eigenvalue weighted by Crippen LogP contribution is -2.50. The summed E-state index contributed by atoms with van der Waals surface area (Å²) in [5.41, 5.74) is 3.54. The Hall–Kier alpha value is -3.47. The normalized spacial score (nSPS) is 18.1. The number of anilines is 1. The molecule has 0 saturated heterocycles. The smallest absolute Gasteiger partial charge is 0.256 e. The van der Waals surface area contributed by atoms with Crippen LogP contribution in [-0.2, 0) is 5.66 Å². The average molecular weight is 359 g/mol. The lowest BCUT2D eigenvalue weighted by Gasteiger charge is -2.38. The number of ether oxygens (including phenoxy) is 1. The molecule has 1 aliphatic heterocycles. The summed E-state index contributed by atoms with van der Waals surface area (Å²) in [5, 5.41) is 7.00. The van der Waals surface area contributed by atoms with Gasteiger partial charge in [0, 0.05) is 17.6 Å². The van der Waals surface area contributed by atoms with Crippen molar-refractivity contribution in [3.05, 3.63) is 93.9 Å². The summed E-state index contributed by atoms with van der Waals surface area (Å²) in [6.07, 6.45) is 3.69. The Morgan fingerprint density at radius 3 is 2.44 bits per heavy atom. The topological polar surface area (TPSA) is 66.2 Å². The highest BCUT2D eigenvalue weighted by Gasteiger charge is 2.35. The third-order valence-corrected chi connectivity index (χ3v) is 4.75. The first-order valence-corrected chi connectivity index (χ1v) is 8.79. The molecule has 1 aliphatic rings. The summed E-state index contributed by atoms with van der Waals surface area (Å²) in [4.78, 5) is 15.4. The van der Waals surface area contributed by atoms with E-state index in [-0.39, 0.29) is 5.56 Å². The molecular weight excluding hydrogens is 338 g/mol. The molecule has 0 radical (unpaired) electrons. The zero-order valence-electron chi connectivity index (χ0n) is 15.2. The fourth-order valence-corrected chi connectivity index (χ4v) is 3.48. The zero-order chi connectivity index (χ0) is 18.9. The van der Waals surface area contributed by atoms with Crippen LogP contribution in [0.4, 0.5) is 5.69 Å². The van der Waals surface area contributed by atoms with Gasteiger partial charge < -0.3 is 20.4 Å². The molecule has 1 unspecified atom stereocenters. The summed E-state index contributed by atoms with van der Waals surface area (Å²) in [5.74, 6) is 0.783. The number of rotatable bonds is 4. The van der Waals surface area contributed by atoms with Gasteiger partial charge in [0.2, 0.25) is 0 Å². The number of benzene rings is 2. The van der Waals surface area contributed by atoms with Crippen LogP contribution in [0.3, 0.4) is 0 Å². The molecule has 5 heteroatoms. The molecule has 0 amide bonds. The fourth-order valence-electron chi connectivity index (χ4n) is 3.48. The maximum Gasteiger partial charge on any atom is 0.256 e. The second-order valence-corrected chi connectivity index (χ2v) is 6.66. The lowest BCUT2D eigenvalue weighted by molar-refractivity contribution is 0.414. The van der Waals surface area contributed by atoms with Crippen LogP contribution < -0.4 is 20.9 Å². The van der Waals surface area contributed by atoms with Gasteiger partial charge in [0.1, 0.15) is 11.4 Å². The summed E-state index contributed by atoms with van der Waals surface area (Å²) in [6.45, 7) is 1.97. The van der Waals surface area contributed by atoms with Crippen molar-refractivity contribution in [1.29, 1.82) is 0 Å². The minimum absolute atomic E-state index is 0.119. The Labute approximate surface area is 157 Å². The number of aromatic amines is 1. The summed E-state index contributed by atoms with van der Waals surface area (Å²) in [6, 6.07) is 19.6. The fraction of sp³-hybridized carbons (Fsp3) is 0.136. The first kappa shape index (κ1) is 17.0. The van der Waals surface area contributed by atoms with Crippen LogP contribution in [0.2, 0.25) is 0 Å². The van der Waals surface area contributed by atoms with Gasteiger partial charge in [-0.15, -0.1) is 0 Å². The number of nitrogens with one attached hydrogen (secondary N) is 3. The van der Waals surface area contributed by atoms with Gasteiger partial charge in [-0.05, 0) is 54.5 Å². The molecular formula is C22H21N3O2. The van der Waals surface area contributed by atoms with Crippen LogP contribution in [0, 0.1) is 0 Å². The minimum atomic E-state index is -0.779. The minimum Gasteiger partial charge on any atom is -0.497 e. The second kappa shape index (κ2) is 6.68.